The molecule has 6 aromatic rings. The third-order valence-corrected chi connectivity index (χ3v) is 19.4. The molecule has 3 N–H and O–H groups in total. The van der Waals surface area contributed by atoms with E-state index in [9.17, 15) is 43.2 Å². The molecule has 1 unspecified atom stereocenters. The van der Waals surface area contributed by atoms with Crippen molar-refractivity contribution in [3.63, 3.8) is 0 Å². The van der Waals surface area contributed by atoms with Crippen molar-refractivity contribution in [2.75, 3.05) is 78.9 Å². The van der Waals surface area contributed by atoms with Gasteiger partial charge in [-0.15, -0.1) is 0 Å². The van der Waals surface area contributed by atoms with Gasteiger partial charge < -0.3 is 43.1 Å². The fraction of sp³-hybridized carbons (Fsp3) is 0.400. The topological polar surface area (TPSA) is 265 Å². The normalized spacial score (nSPS) is 21.2. The van der Waals surface area contributed by atoms with Crippen molar-refractivity contribution < 1.29 is 71.6 Å². The molecule has 0 radical (unpaired) electrons. The van der Waals surface area contributed by atoms with E-state index in [0.717, 1.165) is 132 Å². The minimum atomic E-state index is -0.630. The smallest absolute Gasteiger partial charge is 0.255 e. The van der Waals surface area contributed by atoms with Gasteiger partial charge in [-0.25, -0.2) is 0 Å². The Bertz CT molecular complexity index is 3590. The van der Waals surface area contributed by atoms with Gasteiger partial charge in [0, 0.05) is 112 Å². The Labute approximate surface area is 573 Å². The van der Waals surface area contributed by atoms with Crippen LogP contribution in [0.3, 0.4) is 0 Å². The number of piperidine rings is 3. The SMILES string of the molecule is O=C1CCC(N2Cc3c(OCc4ccc(CN5CCOCC5)cc4)cccc3C2=O)C(=O)N1.O=C1CC[C@@H](N2Cc3c(OCc4ccc(CN5CCOCC5)cc4)cccc3C2=O)C(=O)N1.O=C1CC[C@H](N2Cc3c(OCc4ccc(CN5CCOCC5)cc4)cccc3C2=O)C(=O)N1. The number of nitrogens with one attached hydrogen (secondary N) is 3. The summed E-state index contributed by atoms with van der Waals surface area (Å²) >= 11 is 0. The van der Waals surface area contributed by atoms with Gasteiger partial charge >= 0.3 is 0 Å². The molecule has 0 bridgehead atoms. The van der Waals surface area contributed by atoms with Crippen LogP contribution in [-0.4, -0.2) is 180 Å². The molecule has 0 aromatic heterocycles. The highest BCUT2D eigenvalue weighted by molar-refractivity contribution is 6.08. The van der Waals surface area contributed by atoms with Gasteiger partial charge in [-0.3, -0.25) is 73.8 Å². The first kappa shape index (κ1) is 67.9. The van der Waals surface area contributed by atoms with E-state index in [0.29, 0.717) is 92.7 Å². The molecule has 15 rings (SSSR count). The number of nitrogens with zero attached hydrogens (tertiary/aromatic N) is 6. The molecule has 9 heterocycles. The number of hydrogen-bond donors (Lipinski definition) is 3. The number of amides is 9. The second-order valence-corrected chi connectivity index (χ2v) is 26.0. The van der Waals surface area contributed by atoms with Gasteiger partial charge in [0.1, 0.15) is 55.2 Å². The molecule has 0 saturated carbocycles. The highest BCUT2D eigenvalue weighted by Gasteiger charge is 2.43. The number of fused-ring (bicyclic) bond motifs is 3. The fourth-order valence-corrected chi connectivity index (χ4v) is 13.8. The van der Waals surface area contributed by atoms with Crippen molar-refractivity contribution in [3.8, 4) is 17.2 Å². The number of rotatable bonds is 18. The lowest BCUT2D eigenvalue weighted by molar-refractivity contribution is -0.138. The van der Waals surface area contributed by atoms with Crippen molar-refractivity contribution >= 4 is 53.2 Å². The largest absolute Gasteiger partial charge is 0.489 e. The molecular formula is C75H81N9O15. The molecule has 6 fully saturated rings. The third kappa shape index (κ3) is 16.4. The van der Waals surface area contributed by atoms with Crippen LogP contribution in [0.5, 0.6) is 17.2 Å². The van der Waals surface area contributed by atoms with Crippen molar-refractivity contribution in [3.05, 3.63) is 194 Å². The van der Waals surface area contributed by atoms with Crippen molar-refractivity contribution in [2.45, 2.75) is 116 Å². The number of morpholine rings is 3. The van der Waals surface area contributed by atoms with E-state index in [-0.39, 0.29) is 54.7 Å². The van der Waals surface area contributed by atoms with E-state index in [2.05, 4.69) is 103 Å². The van der Waals surface area contributed by atoms with Gasteiger partial charge in [0.2, 0.25) is 35.4 Å². The molecule has 0 spiro atoms. The molecule has 24 heteroatoms. The Morgan fingerprint density at radius 3 is 0.838 bits per heavy atom. The average molecular weight is 1350 g/mol. The van der Waals surface area contributed by atoms with E-state index < -0.39 is 35.8 Å². The quantitative estimate of drug-likeness (QED) is 0.0887. The zero-order chi connectivity index (χ0) is 68.4. The highest BCUT2D eigenvalue weighted by Crippen LogP contribution is 2.37. The molecule has 9 aliphatic heterocycles. The van der Waals surface area contributed by atoms with Gasteiger partial charge in [0.25, 0.3) is 17.7 Å². The van der Waals surface area contributed by atoms with Gasteiger partial charge in [-0.05, 0) is 89.0 Å². The molecule has 3 atom stereocenters. The number of carbonyl (C=O) groups is 9. The predicted octanol–water partition coefficient (Wildman–Crippen LogP) is 5.58. The maximum absolute atomic E-state index is 12.9. The van der Waals surface area contributed by atoms with Crippen LogP contribution in [0, 0.1) is 0 Å². The summed E-state index contributed by atoms with van der Waals surface area (Å²) in [4.78, 5) is 122. The lowest BCUT2D eigenvalue weighted by Crippen LogP contribution is -2.52. The molecule has 0 aliphatic carbocycles. The summed E-state index contributed by atoms with van der Waals surface area (Å²) in [6.07, 6.45) is 1.75. The molecule has 6 aromatic carbocycles. The Balaban J connectivity index is 0.000000133. The summed E-state index contributed by atoms with van der Waals surface area (Å²) in [7, 11) is 0. The summed E-state index contributed by atoms with van der Waals surface area (Å²) in [6, 6.07) is 39.5. The van der Waals surface area contributed by atoms with Gasteiger partial charge in [0.05, 0.1) is 59.3 Å². The first-order valence-electron chi connectivity index (χ1n) is 34.1. The summed E-state index contributed by atoms with van der Waals surface area (Å²) in [5.74, 6) is -0.756. The van der Waals surface area contributed by atoms with Gasteiger partial charge in [0.15, 0.2) is 0 Å². The average Bonchev–Trinajstić information content (AvgIpc) is 1.71. The molecule has 24 nitrogen and oxygen atoms in total. The maximum Gasteiger partial charge on any atom is 0.255 e. The third-order valence-electron chi connectivity index (χ3n) is 19.4. The zero-order valence-corrected chi connectivity index (χ0v) is 55.3. The maximum atomic E-state index is 12.9. The minimum Gasteiger partial charge on any atom is -0.489 e. The molecule has 9 aliphatic rings. The van der Waals surface area contributed by atoms with Crippen LogP contribution in [0.1, 0.15) is 120 Å². The second-order valence-electron chi connectivity index (χ2n) is 26.0. The van der Waals surface area contributed by atoms with E-state index in [1.807, 2.05) is 18.2 Å². The molecule has 6 saturated heterocycles. The van der Waals surface area contributed by atoms with Crippen LogP contribution in [0.2, 0.25) is 0 Å². The first-order chi connectivity index (χ1) is 48.2. The van der Waals surface area contributed by atoms with Crippen LogP contribution in [-0.2, 0) is 102 Å². The van der Waals surface area contributed by atoms with E-state index in [1.165, 1.54) is 16.7 Å². The Kier molecular flexibility index (Phi) is 21.6. The minimum absolute atomic E-state index is 0.197. The van der Waals surface area contributed by atoms with Crippen LogP contribution < -0.4 is 30.2 Å². The van der Waals surface area contributed by atoms with Gasteiger partial charge in [-0.2, -0.15) is 0 Å². The Hall–Kier alpha value is -9.69. The summed E-state index contributed by atoms with van der Waals surface area (Å²) in [6.45, 7) is 15.3. The molecular weight excluding hydrogens is 1270 g/mol. The monoisotopic (exact) mass is 1350 g/mol. The summed E-state index contributed by atoms with van der Waals surface area (Å²) in [5, 5.41) is 7.00. The number of carbonyl (C=O) groups excluding carboxylic acids is 9. The zero-order valence-electron chi connectivity index (χ0n) is 55.3. The number of ether oxygens (including phenoxy) is 6. The van der Waals surface area contributed by atoms with Crippen LogP contribution >= 0.6 is 0 Å². The molecule has 516 valence electrons. The standard InChI is InChI=1S/3C25H27N3O5/c3*29-23-9-8-21(24(30)26-23)28-15-20-19(25(28)31)2-1-3-22(20)33-16-18-6-4-17(5-7-18)14-27-10-12-32-13-11-27/h3*1-7,21H,8-16H2,(H,26,29,30)/t2*21-;/m10./s1. The molecule has 9 amide bonds. The molecule has 99 heavy (non-hydrogen) atoms. The number of imide groups is 3. The predicted molar refractivity (Wildman–Crippen MR) is 358 cm³/mol. The van der Waals surface area contributed by atoms with E-state index in [4.69, 9.17) is 28.4 Å². The highest BCUT2D eigenvalue weighted by atomic mass is 16.5. The van der Waals surface area contributed by atoms with Crippen molar-refractivity contribution in [1.29, 1.82) is 0 Å². The van der Waals surface area contributed by atoms with Crippen LogP contribution in [0.25, 0.3) is 0 Å². The van der Waals surface area contributed by atoms with Crippen molar-refractivity contribution in [1.82, 2.24) is 45.3 Å². The van der Waals surface area contributed by atoms with Crippen molar-refractivity contribution in [2.24, 2.45) is 0 Å². The second kappa shape index (κ2) is 31.4. The van der Waals surface area contributed by atoms with Crippen LogP contribution in [0.4, 0.5) is 0 Å². The van der Waals surface area contributed by atoms with E-state index in [1.54, 1.807) is 51.1 Å². The number of benzene rings is 6. The summed E-state index contributed by atoms with van der Waals surface area (Å²) in [5.41, 5.74) is 10.9. The van der Waals surface area contributed by atoms with E-state index >= 15 is 0 Å². The lowest BCUT2D eigenvalue weighted by atomic mass is 10.0. The Morgan fingerprint density at radius 1 is 0.333 bits per heavy atom. The Morgan fingerprint density at radius 2 is 0.586 bits per heavy atom. The first-order valence-corrected chi connectivity index (χ1v) is 34.1. The lowest BCUT2D eigenvalue weighted by Gasteiger charge is -2.29. The van der Waals surface area contributed by atoms with Gasteiger partial charge in [-0.1, -0.05) is 91.0 Å². The van der Waals surface area contributed by atoms with Crippen LogP contribution in [0.15, 0.2) is 127 Å². The summed E-state index contributed by atoms with van der Waals surface area (Å²) < 4.78 is 34.5. The fourth-order valence-electron chi connectivity index (χ4n) is 13.8. The number of hydrogen-bond acceptors (Lipinski definition) is 18.